The molecule has 0 heterocycles. The van der Waals surface area contributed by atoms with E-state index in [9.17, 15) is 0 Å². The van der Waals surface area contributed by atoms with Crippen LogP contribution in [0.25, 0.3) is 0 Å². The molecule has 0 aromatic carbocycles. The van der Waals surface area contributed by atoms with E-state index in [2.05, 4.69) is 17.7 Å². The van der Waals surface area contributed by atoms with Crippen LogP contribution >= 0.6 is 0 Å². The van der Waals surface area contributed by atoms with Gasteiger partial charge in [0.25, 0.3) is 0 Å². The van der Waals surface area contributed by atoms with Gasteiger partial charge in [-0.1, -0.05) is 6.92 Å². The molecule has 12 heavy (non-hydrogen) atoms. The smallest absolute Gasteiger partial charge is 0.00982 e. The van der Waals surface area contributed by atoms with Gasteiger partial charge < -0.3 is 4.90 Å². The summed E-state index contributed by atoms with van der Waals surface area (Å²) in [6, 6.07) is 0.905. The van der Waals surface area contributed by atoms with Crippen molar-refractivity contribution < 1.29 is 0 Å². The van der Waals surface area contributed by atoms with Crippen LogP contribution in [0, 0.1) is 12.3 Å². The first-order chi connectivity index (χ1) is 5.88. The molecular formula is C11H19N. The van der Waals surface area contributed by atoms with Gasteiger partial charge in [-0.05, 0) is 38.8 Å². The van der Waals surface area contributed by atoms with Gasteiger partial charge in [0.1, 0.15) is 0 Å². The van der Waals surface area contributed by atoms with Crippen LogP contribution in [0.3, 0.4) is 0 Å². The molecular weight excluding hydrogens is 146 g/mol. The number of hydrogen-bond acceptors (Lipinski definition) is 1. The highest BCUT2D eigenvalue weighted by Gasteiger charge is 2.27. The van der Waals surface area contributed by atoms with E-state index in [1.165, 1.54) is 38.8 Å². The van der Waals surface area contributed by atoms with E-state index in [4.69, 9.17) is 6.42 Å². The molecule has 1 saturated carbocycles. The van der Waals surface area contributed by atoms with Crippen molar-refractivity contribution in [2.75, 3.05) is 13.1 Å². The molecule has 68 valence electrons. The van der Waals surface area contributed by atoms with Gasteiger partial charge in [-0.3, -0.25) is 0 Å². The summed E-state index contributed by atoms with van der Waals surface area (Å²) in [5, 5.41) is 0. The molecule has 0 N–H and O–H groups in total. The largest absolute Gasteiger partial charge is 0.300 e. The number of nitrogens with zero attached hydrogens (tertiary/aromatic N) is 1. The number of terminal acetylenes is 1. The summed E-state index contributed by atoms with van der Waals surface area (Å²) in [7, 11) is 0. The van der Waals surface area contributed by atoms with Crippen LogP contribution in [-0.2, 0) is 0 Å². The molecule has 0 amide bonds. The van der Waals surface area contributed by atoms with Crippen molar-refractivity contribution in [2.24, 2.45) is 0 Å². The summed E-state index contributed by atoms with van der Waals surface area (Å²) in [5.41, 5.74) is 0. The normalized spacial score (nSPS) is 16.4. The Hall–Kier alpha value is -0.480. The van der Waals surface area contributed by atoms with Crippen LogP contribution < -0.4 is 0 Å². The van der Waals surface area contributed by atoms with E-state index >= 15 is 0 Å². The lowest BCUT2D eigenvalue weighted by molar-refractivity contribution is 0.262. The summed E-state index contributed by atoms with van der Waals surface area (Å²) in [5.74, 6) is 2.70. The molecule has 0 atom stereocenters. The number of hydrogen-bond donors (Lipinski definition) is 0. The first-order valence-electron chi connectivity index (χ1n) is 5.06. The second-order valence-electron chi connectivity index (χ2n) is 3.57. The maximum atomic E-state index is 5.21. The van der Waals surface area contributed by atoms with E-state index in [0.29, 0.717) is 0 Å². The maximum absolute atomic E-state index is 5.21. The van der Waals surface area contributed by atoms with E-state index in [1.54, 1.807) is 0 Å². The highest BCUT2D eigenvalue weighted by molar-refractivity contribution is 4.87. The van der Waals surface area contributed by atoms with Crippen molar-refractivity contribution in [2.45, 2.75) is 45.1 Å². The monoisotopic (exact) mass is 165 g/mol. The third-order valence-corrected chi connectivity index (χ3v) is 2.34. The third-order valence-electron chi connectivity index (χ3n) is 2.34. The number of unbranched alkanes of at least 4 members (excludes halogenated alkanes) is 1. The van der Waals surface area contributed by atoms with Crippen LogP contribution in [0.5, 0.6) is 0 Å². The van der Waals surface area contributed by atoms with Gasteiger partial charge in [0.15, 0.2) is 0 Å². The average molecular weight is 165 g/mol. The quantitative estimate of drug-likeness (QED) is 0.431. The molecule has 0 bridgehead atoms. The van der Waals surface area contributed by atoms with Crippen LogP contribution in [-0.4, -0.2) is 24.0 Å². The zero-order valence-electron chi connectivity index (χ0n) is 8.05. The highest BCUT2D eigenvalue weighted by atomic mass is 15.2. The van der Waals surface area contributed by atoms with Crippen molar-refractivity contribution in [3.8, 4) is 12.3 Å². The zero-order chi connectivity index (χ0) is 8.81. The average Bonchev–Trinajstić information content (AvgIpc) is 2.86. The van der Waals surface area contributed by atoms with Gasteiger partial charge in [0.2, 0.25) is 0 Å². The molecule has 1 aliphatic carbocycles. The minimum atomic E-state index is 0.905. The van der Waals surface area contributed by atoms with Gasteiger partial charge in [0, 0.05) is 12.5 Å². The van der Waals surface area contributed by atoms with Crippen molar-refractivity contribution in [3.63, 3.8) is 0 Å². The van der Waals surface area contributed by atoms with E-state index < -0.39 is 0 Å². The third kappa shape index (κ3) is 3.28. The van der Waals surface area contributed by atoms with Gasteiger partial charge in [-0.25, -0.2) is 0 Å². The Morgan fingerprint density at radius 1 is 1.42 bits per heavy atom. The van der Waals surface area contributed by atoms with E-state index in [1.807, 2.05) is 0 Å². The molecule has 0 radical (unpaired) electrons. The lowest BCUT2D eigenvalue weighted by atomic mass is 10.3. The van der Waals surface area contributed by atoms with Crippen LogP contribution in [0.4, 0.5) is 0 Å². The standard InChI is InChI=1S/C11H19N/c1-3-5-6-10-12(9-4-2)11-7-8-11/h1,11H,4-10H2,2H3. The van der Waals surface area contributed by atoms with Crippen molar-refractivity contribution >= 4 is 0 Å². The van der Waals surface area contributed by atoms with Crippen LogP contribution in [0.1, 0.15) is 39.0 Å². The topological polar surface area (TPSA) is 3.24 Å². The predicted octanol–water partition coefficient (Wildman–Crippen LogP) is 2.27. The Morgan fingerprint density at radius 3 is 2.67 bits per heavy atom. The minimum absolute atomic E-state index is 0.905. The van der Waals surface area contributed by atoms with Crippen LogP contribution in [0.2, 0.25) is 0 Å². The van der Waals surface area contributed by atoms with Gasteiger partial charge >= 0.3 is 0 Å². The molecule has 0 aliphatic heterocycles. The fourth-order valence-corrected chi connectivity index (χ4v) is 1.59. The van der Waals surface area contributed by atoms with Gasteiger partial charge in [-0.15, -0.1) is 12.3 Å². The Bertz CT molecular complexity index is 153. The molecule has 0 spiro atoms. The second kappa shape index (κ2) is 5.22. The van der Waals surface area contributed by atoms with E-state index in [-0.39, 0.29) is 0 Å². The first kappa shape index (κ1) is 9.61. The molecule has 1 rings (SSSR count). The van der Waals surface area contributed by atoms with Crippen molar-refractivity contribution in [1.82, 2.24) is 4.90 Å². The summed E-state index contributed by atoms with van der Waals surface area (Å²) in [4.78, 5) is 2.59. The lowest BCUT2D eigenvalue weighted by Gasteiger charge is -2.20. The molecule has 0 saturated heterocycles. The fourth-order valence-electron chi connectivity index (χ4n) is 1.59. The van der Waals surface area contributed by atoms with Gasteiger partial charge in [-0.2, -0.15) is 0 Å². The molecule has 1 aliphatic rings. The summed E-state index contributed by atoms with van der Waals surface area (Å²) in [6.45, 7) is 4.72. The Morgan fingerprint density at radius 2 is 2.17 bits per heavy atom. The Balaban J connectivity index is 2.10. The maximum Gasteiger partial charge on any atom is 0.00982 e. The molecule has 0 unspecified atom stereocenters. The molecule has 1 heteroatoms. The van der Waals surface area contributed by atoms with Crippen molar-refractivity contribution in [1.29, 1.82) is 0 Å². The molecule has 0 aromatic heterocycles. The minimum Gasteiger partial charge on any atom is -0.300 e. The molecule has 1 fully saturated rings. The summed E-state index contributed by atoms with van der Waals surface area (Å²) >= 11 is 0. The predicted molar refractivity (Wildman–Crippen MR) is 53.0 cm³/mol. The Labute approximate surface area is 76.1 Å². The van der Waals surface area contributed by atoms with Gasteiger partial charge in [0.05, 0.1) is 0 Å². The first-order valence-corrected chi connectivity index (χ1v) is 5.06. The van der Waals surface area contributed by atoms with Crippen LogP contribution in [0.15, 0.2) is 0 Å². The summed E-state index contributed by atoms with van der Waals surface area (Å²) < 4.78 is 0. The fraction of sp³-hybridized carbons (Fsp3) is 0.818. The second-order valence-corrected chi connectivity index (χ2v) is 3.57. The van der Waals surface area contributed by atoms with Crippen molar-refractivity contribution in [3.05, 3.63) is 0 Å². The molecule has 1 nitrogen and oxygen atoms in total. The lowest BCUT2D eigenvalue weighted by Crippen LogP contribution is -2.27. The highest BCUT2D eigenvalue weighted by Crippen LogP contribution is 2.26. The summed E-state index contributed by atoms with van der Waals surface area (Å²) in [6.07, 6.45) is 11.4. The Kier molecular flexibility index (Phi) is 4.18. The molecule has 0 aromatic rings. The number of rotatable bonds is 6. The van der Waals surface area contributed by atoms with E-state index in [0.717, 1.165) is 12.5 Å². The zero-order valence-corrected chi connectivity index (χ0v) is 8.05. The SMILES string of the molecule is C#CCCCN(CCC)C1CC1.